The van der Waals surface area contributed by atoms with Gasteiger partial charge in [-0.05, 0) is 36.6 Å². The van der Waals surface area contributed by atoms with E-state index in [2.05, 4.69) is 31.2 Å². The third-order valence-corrected chi connectivity index (χ3v) is 5.13. The van der Waals surface area contributed by atoms with Crippen LogP contribution in [0, 0.1) is 0 Å². The van der Waals surface area contributed by atoms with Gasteiger partial charge in [0.2, 0.25) is 17.6 Å². The first kappa shape index (κ1) is 20.5. The summed E-state index contributed by atoms with van der Waals surface area (Å²) in [5.74, 6) is 3.44. The molecule has 0 bridgehead atoms. The van der Waals surface area contributed by atoms with Crippen molar-refractivity contribution in [3.8, 4) is 23.0 Å². The highest BCUT2D eigenvalue weighted by Gasteiger charge is 2.21. The number of anilines is 4. The fourth-order valence-corrected chi connectivity index (χ4v) is 3.67. The number of benzene rings is 2. The zero-order valence-electron chi connectivity index (χ0n) is 18.0. The molecule has 1 aliphatic heterocycles. The van der Waals surface area contributed by atoms with Crippen LogP contribution in [0.2, 0.25) is 0 Å². The second-order valence-electron chi connectivity index (χ2n) is 6.90. The first-order valence-electron chi connectivity index (χ1n) is 9.87. The van der Waals surface area contributed by atoms with Gasteiger partial charge >= 0.3 is 0 Å². The van der Waals surface area contributed by atoms with E-state index < -0.39 is 0 Å². The summed E-state index contributed by atoms with van der Waals surface area (Å²) in [5, 5.41) is 3.20. The maximum Gasteiger partial charge on any atom is 0.234 e. The average molecular weight is 423 g/mol. The minimum atomic E-state index is 0.417. The zero-order valence-corrected chi connectivity index (χ0v) is 18.0. The first-order chi connectivity index (χ1) is 15.2. The van der Waals surface area contributed by atoms with E-state index in [1.807, 2.05) is 12.1 Å². The van der Waals surface area contributed by atoms with Crippen molar-refractivity contribution < 1.29 is 18.9 Å². The number of ether oxygens (including phenoxy) is 4. The summed E-state index contributed by atoms with van der Waals surface area (Å²) < 4.78 is 21.6. The first-order valence-corrected chi connectivity index (χ1v) is 9.87. The number of hydrogen-bond acceptors (Lipinski definition) is 9. The van der Waals surface area contributed by atoms with Crippen LogP contribution >= 0.6 is 0 Å². The molecule has 2 heterocycles. The maximum atomic E-state index is 5.42. The van der Waals surface area contributed by atoms with Crippen LogP contribution in [0.1, 0.15) is 12.0 Å². The topological polar surface area (TPSA) is 90.9 Å². The van der Waals surface area contributed by atoms with Crippen LogP contribution in [0.25, 0.3) is 0 Å². The Labute approximate surface area is 181 Å². The smallest absolute Gasteiger partial charge is 0.234 e. The Hall–Kier alpha value is -3.75. The molecule has 31 heavy (non-hydrogen) atoms. The van der Waals surface area contributed by atoms with Gasteiger partial charge in [0.05, 0.1) is 28.4 Å². The molecule has 0 unspecified atom stereocenters. The Kier molecular flexibility index (Phi) is 5.92. The van der Waals surface area contributed by atoms with Crippen molar-refractivity contribution in [2.24, 2.45) is 0 Å². The van der Waals surface area contributed by atoms with Crippen molar-refractivity contribution >= 4 is 23.3 Å². The number of aryl methyl sites for hydroxylation is 1. The molecule has 162 valence electrons. The molecular weight excluding hydrogens is 398 g/mol. The van der Waals surface area contributed by atoms with Gasteiger partial charge in [0.25, 0.3) is 0 Å². The fraction of sp³-hybridized carbons (Fsp3) is 0.318. The fourth-order valence-electron chi connectivity index (χ4n) is 3.67. The van der Waals surface area contributed by atoms with Crippen molar-refractivity contribution in [1.82, 2.24) is 15.0 Å². The number of hydrogen-bond donors (Lipinski definition) is 1. The van der Waals surface area contributed by atoms with Gasteiger partial charge in [0.15, 0.2) is 11.5 Å². The lowest BCUT2D eigenvalue weighted by Gasteiger charge is -2.29. The van der Waals surface area contributed by atoms with Crippen molar-refractivity contribution in [2.75, 3.05) is 45.2 Å². The summed E-state index contributed by atoms with van der Waals surface area (Å²) in [6.07, 6.45) is 3.49. The summed E-state index contributed by atoms with van der Waals surface area (Å²) in [6.45, 7) is 0.826. The van der Waals surface area contributed by atoms with Gasteiger partial charge < -0.3 is 29.2 Å². The molecular formula is C22H25N5O4. The molecule has 0 spiro atoms. The van der Waals surface area contributed by atoms with E-state index in [0.29, 0.717) is 34.8 Å². The molecule has 4 rings (SSSR count). The molecule has 2 aromatic carbocycles. The predicted octanol–water partition coefficient (Wildman–Crippen LogP) is 3.73. The Morgan fingerprint density at radius 1 is 0.903 bits per heavy atom. The van der Waals surface area contributed by atoms with Crippen LogP contribution in [-0.4, -0.2) is 49.9 Å². The largest absolute Gasteiger partial charge is 0.497 e. The van der Waals surface area contributed by atoms with Gasteiger partial charge in [-0.15, -0.1) is 0 Å². The zero-order chi connectivity index (χ0) is 21.8. The number of nitrogens with zero attached hydrogens (tertiary/aromatic N) is 4. The van der Waals surface area contributed by atoms with Gasteiger partial charge in [-0.1, -0.05) is 0 Å². The Balaban J connectivity index is 1.64. The molecule has 0 atom stereocenters. The molecule has 3 aromatic rings. The third kappa shape index (κ3) is 4.11. The standard InChI is InChI=1S/C22H25N5O4/c1-28-16-7-8-17-14(10-16)6-5-9-27(17)22-24-13-23-21(26-22)25-15-11-18(29-2)20(31-4)19(12-15)30-3/h7-8,10-13H,5-6,9H2,1-4H3,(H,23,24,25,26). The SMILES string of the molecule is COc1ccc2c(c1)CCCN2c1ncnc(Nc2cc(OC)c(OC)c(OC)c2)n1. The highest BCUT2D eigenvalue weighted by Crippen LogP contribution is 2.40. The average Bonchev–Trinajstić information content (AvgIpc) is 2.82. The van der Waals surface area contributed by atoms with E-state index in [1.54, 1.807) is 40.6 Å². The maximum absolute atomic E-state index is 5.42. The van der Waals surface area contributed by atoms with E-state index in [1.165, 1.54) is 11.9 Å². The van der Waals surface area contributed by atoms with Crippen LogP contribution in [0.3, 0.4) is 0 Å². The quantitative estimate of drug-likeness (QED) is 0.610. The number of nitrogens with one attached hydrogen (secondary N) is 1. The molecule has 1 N–H and O–H groups in total. The third-order valence-electron chi connectivity index (χ3n) is 5.13. The summed E-state index contributed by atoms with van der Waals surface area (Å²) in [5.41, 5.74) is 3.00. The van der Waals surface area contributed by atoms with Crippen LogP contribution in [-0.2, 0) is 6.42 Å². The lowest BCUT2D eigenvalue weighted by atomic mass is 10.0. The number of aromatic nitrogens is 3. The van der Waals surface area contributed by atoms with Gasteiger partial charge in [-0.3, -0.25) is 0 Å². The molecule has 0 fully saturated rings. The van der Waals surface area contributed by atoms with Gasteiger partial charge in [-0.2, -0.15) is 4.98 Å². The molecule has 9 heteroatoms. The highest BCUT2D eigenvalue weighted by molar-refractivity contribution is 5.68. The normalized spacial score (nSPS) is 12.7. The van der Waals surface area contributed by atoms with Crippen molar-refractivity contribution in [3.05, 3.63) is 42.2 Å². The number of methoxy groups -OCH3 is 4. The molecule has 0 radical (unpaired) electrons. The van der Waals surface area contributed by atoms with Gasteiger partial charge in [-0.25, -0.2) is 9.97 Å². The minimum absolute atomic E-state index is 0.417. The molecule has 0 saturated heterocycles. The molecule has 0 aliphatic carbocycles. The van der Waals surface area contributed by atoms with E-state index in [9.17, 15) is 0 Å². The van der Waals surface area contributed by atoms with Crippen molar-refractivity contribution in [1.29, 1.82) is 0 Å². The number of fused-ring (bicyclic) bond motifs is 1. The second kappa shape index (κ2) is 8.95. The van der Waals surface area contributed by atoms with E-state index in [4.69, 9.17) is 18.9 Å². The van der Waals surface area contributed by atoms with Crippen LogP contribution in [0.4, 0.5) is 23.3 Å². The van der Waals surface area contributed by atoms with E-state index in [-0.39, 0.29) is 0 Å². The number of rotatable bonds is 7. The molecule has 9 nitrogen and oxygen atoms in total. The van der Waals surface area contributed by atoms with E-state index in [0.717, 1.165) is 30.8 Å². The minimum Gasteiger partial charge on any atom is -0.497 e. The molecule has 0 saturated carbocycles. The summed E-state index contributed by atoms with van der Waals surface area (Å²) in [7, 11) is 6.39. The predicted molar refractivity (Wildman–Crippen MR) is 118 cm³/mol. The Bertz CT molecular complexity index is 1050. The van der Waals surface area contributed by atoms with Crippen molar-refractivity contribution in [3.63, 3.8) is 0 Å². The lowest BCUT2D eigenvalue weighted by molar-refractivity contribution is 0.324. The summed E-state index contributed by atoms with van der Waals surface area (Å²) in [4.78, 5) is 15.4. The summed E-state index contributed by atoms with van der Waals surface area (Å²) in [6, 6.07) is 9.66. The Morgan fingerprint density at radius 3 is 2.35 bits per heavy atom. The Morgan fingerprint density at radius 2 is 1.68 bits per heavy atom. The monoisotopic (exact) mass is 423 g/mol. The van der Waals surface area contributed by atoms with Gasteiger partial charge in [0, 0.05) is 30.1 Å². The molecule has 0 amide bonds. The van der Waals surface area contributed by atoms with Gasteiger partial charge in [0.1, 0.15) is 12.1 Å². The van der Waals surface area contributed by atoms with Crippen LogP contribution < -0.4 is 29.2 Å². The van der Waals surface area contributed by atoms with Crippen molar-refractivity contribution in [2.45, 2.75) is 12.8 Å². The second-order valence-corrected chi connectivity index (χ2v) is 6.90. The summed E-state index contributed by atoms with van der Waals surface area (Å²) >= 11 is 0. The highest BCUT2D eigenvalue weighted by atomic mass is 16.5. The lowest BCUT2D eigenvalue weighted by Crippen LogP contribution is -2.26. The molecule has 1 aliphatic rings. The van der Waals surface area contributed by atoms with Crippen LogP contribution in [0.5, 0.6) is 23.0 Å². The van der Waals surface area contributed by atoms with E-state index >= 15 is 0 Å². The molecule has 1 aromatic heterocycles. The van der Waals surface area contributed by atoms with Crippen LogP contribution in [0.15, 0.2) is 36.7 Å².